The fourth-order valence-electron chi connectivity index (χ4n) is 2.57. The maximum Gasteiger partial charge on any atom is 0.337 e. The molecule has 0 fully saturated rings. The first-order valence-corrected chi connectivity index (χ1v) is 8.83. The van der Waals surface area contributed by atoms with E-state index >= 15 is 0 Å². The molecular weight excluding hydrogens is 378 g/mol. The van der Waals surface area contributed by atoms with Gasteiger partial charge in [-0.3, -0.25) is 4.79 Å². The Morgan fingerprint density at radius 1 is 1.04 bits per heavy atom. The summed E-state index contributed by atoms with van der Waals surface area (Å²) in [5, 5.41) is 6.19. The van der Waals surface area contributed by atoms with Crippen molar-refractivity contribution in [2.45, 2.75) is 6.92 Å². The van der Waals surface area contributed by atoms with E-state index in [2.05, 4.69) is 15.6 Å². The number of carbonyl (C=O) groups excluding carboxylic acids is 2. The number of hydrogen-bond acceptors (Lipinski definition) is 5. The predicted molar refractivity (Wildman–Crippen MR) is 109 cm³/mol. The van der Waals surface area contributed by atoms with Crippen molar-refractivity contribution in [1.82, 2.24) is 4.98 Å². The third-order valence-corrected chi connectivity index (χ3v) is 4.28. The summed E-state index contributed by atoms with van der Waals surface area (Å²) < 4.78 is 4.69. The van der Waals surface area contributed by atoms with Crippen LogP contribution >= 0.6 is 11.6 Å². The molecule has 0 spiro atoms. The van der Waals surface area contributed by atoms with E-state index in [4.69, 9.17) is 16.3 Å². The summed E-state index contributed by atoms with van der Waals surface area (Å²) in [4.78, 5) is 28.6. The molecule has 0 unspecified atom stereocenters. The predicted octanol–water partition coefficient (Wildman–Crippen LogP) is 4.83. The SMILES string of the molecule is COC(=O)c1ccc(Cl)c(NC(=O)c2ccnc(Nc3cccc(C)c3)c2)c1. The van der Waals surface area contributed by atoms with Gasteiger partial charge in [0.2, 0.25) is 0 Å². The van der Waals surface area contributed by atoms with Crippen LogP contribution in [0.5, 0.6) is 0 Å². The molecule has 1 aromatic heterocycles. The van der Waals surface area contributed by atoms with Crippen LogP contribution in [0.4, 0.5) is 17.2 Å². The molecule has 2 aromatic carbocycles. The summed E-state index contributed by atoms with van der Waals surface area (Å²) in [5.41, 5.74) is 2.99. The highest BCUT2D eigenvalue weighted by Crippen LogP contribution is 2.24. The van der Waals surface area contributed by atoms with Gasteiger partial charge in [-0.1, -0.05) is 23.7 Å². The van der Waals surface area contributed by atoms with Crippen LogP contribution in [0, 0.1) is 6.92 Å². The summed E-state index contributed by atoms with van der Waals surface area (Å²) in [6.45, 7) is 1.99. The number of nitrogens with one attached hydrogen (secondary N) is 2. The summed E-state index contributed by atoms with van der Waals surface area (Å²) in [5.74, 6) is -0.355. The first-order chi connectivity index (χ1) is 13.5. The zero-order chi connectivity index (χ0) is 20.1. The van der Waals surface area contributed by atoms with Crippen molar-refractivity contribution in [3.63, 3.8) is 0 Å². The molecule has 0 bridgehead atoms. The Morgan fingerprint density at radius 3 is 2.61 bits per heavy atom. The molecule has 0 saturated heterocycles. The van der Waals surface area contributed by atoms with Gasteiger partial charge < -0.3 is 15.4 Å². The molecule has 7 heteroatoms. The van der Waals surface area contributed by atoms with Crippen molar-refractivity contribution < 1.29 is 14.3 Å². The van der Waals surface area contributed by atoms with E-state index in [-0.39, 0.29) is 5.91 Å². The molecule has 0 aliphatic rings. The Bertz CT molecular complexity index is 1040. The lowest BCUT2D eigenvalue weighted by Gasteiger charge is -2.10. The van der Waals surface area contributed by atoms with Gasteiger partial charge in [-0.2, -0.15) is 0 Å². The smallest absolute Gasteiger partial charge is 0.337 e. The first kappa shape index (κ1) is 19.4. The lowest BCUT2D eigenvalue weighted by atomic mass is 10.2. The standard InChI is InChI=1S/C21H18ClN3O3/c1-13-4-3-5-16(10-13)24-19-12-14(8-9-23-19)20(26)25-18-11-15(21(27)28-2)6-7-17(18)22/h3-12H,1-2H3,(H,23,24)(H,25,26). The molecule has 0 aliphatic carbocycles. The van der Waals surface area contributed by atoms with Gasteiger partial charge in [0.25, 0.3) is 5.91 Å². The van der Waals surface area contributed by atoms with Crippen LogP contribution in [0.15, 0.2) is 60.8 Å². The molecule has 6 nitrogen and oxygen atoms in total. The third kappa shape index (κ3) is 4.66. The fraction of sp³-hybridized carbons (Fsp3) is 0.0952. The van der Waals surface area contributed by atoms with E-state index in [1.165, 1.54) is 25.3 Å². The number of hydrogen-bond donors (Lipinski definition) is 2. The van der Waals surface area contributed by atoms with E-state index in [0.717, 1.165) is 11.3 Å². The highest BCUT2D eigenvalue weighted by Gasteiger charge is 2.13. The van der Waals surface area contributed by atoms with Crippen LogP contribution in [0.3, 0.4) is 0 Å². The second-order valence-corrected chi connectivity index (χ2v) is 6.47. The minimum absolute atomic E-state index is 0.290. The molecule has 3 aromatic rings. The molecule has 142 valence electrons. The van der Waals surface area contributed by atoms with Gasteiger partial charge in [-0.05, 0) is 55.0 Å². The van der Waals surface area contributed by atoms with Crippen LogP contribution < -0.4 is 10.6 Å². The topological polar surface area (TPSA) is 80.3 Å². The summed E-state index contributed by atoms with van der Waals surface area (Å²) in [6.07, 6.45) is 1.54. The Hall–Kier alpha value is -3.38. The minimum atomic E-state index is -0.513. The highest BCUT2D eigenvalue weighted by atomic mass is 35.5. The molecule has 0 aliphatic heterocycles. The number of benzene rings is 2. The lowest BCUT2D eigenvalue weighted by Crippen LogP contribution is -2.13. The number of esters is 1. The van der Waals surface area contributed by atoms with Crippen molar-refractivity contribution in [3.8, 4) is 0 Å². The van der Waals surface area contributed by atoms with E-state index in [1.54, 1.807) is 18.3 Å². The molecule has 28 heavy (non-hydrogen) atoms. The number of pyridine rings is 1. The van der Waals surface area contributed by atoms with Gasteiger partial charge in [0.05, 0.1) is 23.4 Å². The van der Waals surface area contributed by atoms with Crippen LogP contribution in [-0.4, -0.2) is 24.0 Å². The summed E-state index contributed by atoms with van der Waals surface area (Å²) in [7, 11) is 1.29. The molecule has 0 radical (unpaired) electrons. The number of ether oxygens (including phenoxy) is 1. The Labute approximate surface area is 167 Å². The van der Waals surface area contributed by atoms with Crippen molar-refractivity contribution in [2.24, 2.45) is 0 Å². The van der Waals surface area contributed by atoms with Crippen LogP contribution in [0.2, 0.25) is 5.02 Å². The number of amides is 1. The molecule has 3 rings (SSSR count). The van der Waals surface area contributed by atoms with Crippen LogP contribution in [-0.2, 0) is 4.74 Å². The average Bonchev–Trinajstić information content (AvgIpc) is 2.69. The van der Waals surface area contributed by atoms with Gasteiger partial charge in [-0.15, -0.1) is 0 Å². The van der Waals surface area contributed by atoms with Crippen molar-refractivity contribution in [1.29, 1.82) is 0 Å². The number of methoxy groups -OCH3 is 1. The average molecular weight is 396 g/mol. The number of halogens is 1. The number of anilines is 3. The molecule has 0 atom stereocenters. The van der Waals surface area contributed by atoms with Crippen LogP contribution in [0.25, 0.3) is 0 Å². The Kier molecular flexibility index (Phi) is 5.91. The van der Waals surface area contributed by atoms with Crippen LogP contribution in [0.1, 0.15) is 26.3 Å². The number of carbonyl (C=O) groups is 2. The second kappa shape index (κ2) is 8.54. The quantitative estimate of drug-likeness (QED) is 0.605. The highest BCUT2D eigenvalue weighted by molar-refractivity contribution is 6.34. The third-order valence-electron chi connectivity index (χ3n) is 3.95. The van der Waals surface area contributed by atoms with E-state index in [1.807, 2.05) is 31.2 Å². The van der Waals surface area contributed by atoms with Gasteiger partial charge in [-0.25, -0.2) is 9.78 Å². The number of nitrogens with zero attached hydrogens (tertiary/aromatic N) is 1. The van der Waals surface area contributed by atoms with E-state index < -0.39 is 5.97 Å². The first-order valence-electron chi connectivity index (χ1n) is 8.45. The lowest BCUT2D eigenvalue weighted by molar-refractivity contribution is 0.0600. The minimum Gasteiger partial charge on any atom is -0.465 e. The molecule has 1 amide bonds. The van der Waals surface area contributed by atoms with Crippen molar-refractivity contribution >= 4 is 40.7 Å². The fourth-order valence-corrected chi connectivity index (χ4v) is 2.74. The van der Waals surface area contributed by atoms with Crippen molar-refractivity contribution in [2.75, 3.05) is 17.7 Å². The maximum absolute atomic E-state index is 12.6. The zero-order valence-corrected chi connectivity index (χ0v) is 16.1. The van der Waals surface area contributed by atoms with E-state index in [9.17, 15) is 9.59 Å². The maximum atomic E-state index is 12.6. The summed E-state index contributed by atoms with van der Waals surface area (Å²) >= 11 is 6.14. The van der Waals surface area contributed by atoms with Gasteiger partial charge in [0.1, 0.15) is 5.82 Å². The second-order valence-electron chi connectivity index (χ2n) is 6.06. The zero-order valence-electron chi connectivity index (χ0n) is 15.3. The molecule has 1 heterocycles. The van der Waals surface area contributed by atoms with Gasteiger partial charge >= 0.3 is 5.97 Å². The normalized spacial score (nSPS) is 10.2. The Morgan fingerprint density at radius 2 is 1.86 bits per heavy atom. The van der Waals surface area contributed by atoms with Gasteiger partial charge in [0, 0.05) is 17.4 Å². The van der Waals surface area contributed by atoms with Gasteiger partial charge in [0.15, 0.2) is 0 Å². The largest absolute Gasteiger partial charge is 0.465 e. The number of aryl methyl sites for hydroxylation is 1. The number of aromatic nitrogens is 1. The molecule has 0 saturated carbocycles. The Balaban J connectivity index is 1.79. The number of rotatable bonds is 5. The molecular formula is C21H18ClN3O3. The summed E-state index contributed by atoms with van der Waals surface area (Å²) in [6, 6.07) is 15.6. The monoisotopic (exact) mass is 395 g/mol. The molecule has 2 N–H and O–H groups in total. The van der Waals surface area contributed by atoms with E-state index in [0.29, 0.717) is 27.7 Å². The van der Waals surface area contributed by atoms with Crippen molar-refractivity contribution in [3.05, 3.63) is 82.5 Å².